The molecule has 5 rings (SSSR count). The number of carboxylic acid groups (broad SMARTS) is 1. The van der Waals surface area contributed by atoms with Crippen LogP contribution in [0.4, 0.5) is 5.82 Å². The minimum Gasteiger partial charge on any atom is -0.481 e. The van der Waals surface area contributed by atoms with E-state index in [2.05, 4.69) is 35.6 Å². The van der Waals surface area contributed by atoms with Crippen LogP contribution >= 0.6 is 0 Å². The molecule has 1 aliphatic rings. The molecule has 0 bridgehead atoms. The lowest BCUT2D eigenvalue weighted by molar-refractivity contribution is -0.136. The van der Waals surface area contributed by atoms with Gasteiger partial charge in [0.25, 0.3) is 0 Å². The minimum atomic E-state index is -0.976. The Kier molecular flexibility index (Phi) is 4.42. The average molecular weight is 418 g/mol. The van der Waals surface area contributed by atoms with Crippen LogP contribution in [0.5, 0.6) is 0 Å². The van der Waals surface area contributed by atoms with Gasteiger partial charge in [-0.2, -0.15) is 4.68 Å². The fourth-order valence-corrected chi connectivity index (χ4v) is 4.05. The molecular weight excluding hydrogens is 396 g/mol. The van der Waals surface area contributed by atoms with Crippen LogP contribution in [0.3, 0.4) is 0 Å². The number of rotatable bonds is 5. The normalized spacial score (nSPS) is 14.2. The number of hydrogen-bond donors (Lipinski definition) is 1. The molecule has 4 aromatic rings. The van der Waals surface area contributed by atoms with E-state index in [1.54, 1.807) is 11.6 Å². The summed E-state index contributed by atoms with van der Waals surface area (Å²) in [5, 5.41) is 13.6. The van der Waals surface area contributed by atoms with Crippen molar-refractivity contribution >= 4 is 22.8 Å². The van der Waals surface area contributed by atoms with Gasteiger partial charge in [-0.25, -0.2) is 19.9 Å². The van der Waals surface area contributed by atoms with Gasteiger partial charge in [0, 0.05) is 26.2 Å². The SMILES string of the molecule is Cc1nc(C)n(-c2cc(N3CC(c4nc5ccccc5n4C)C3)nc(CC(=O)O)n2)n1. The Morgan fingerprint density at radius 2 is 1.84 bits per heavy atom. The standard InChI is InChI=1S/C21H22N8O2/c1-12-22-13(2)29(26-12)19-9-18(24-17(25-19)8-20(30)31)28-10-14(11-28)21-23-15-6-4-5-7-16(15)27(21)3/h4-7,9,14H,8,10-11H2,1-3H3,(H,30,31). The van der Waals surface area contributed by atoms with E-state index >= 15 is 0 Å². The molecule has 0 amide bonds. The van der Waals surface area contributed by atoms with Crippen molar-refractivity contribution < 1.29 is 9.90 Å². The molecule has 0 spiro atoms. The third kappa shape index (κ3) is 3.39. The van der Waals surface area contributed by atoms with Crippen molar-refractivity contribution in [2.45, 2.75) is 26.2 Å². The van der Waals surface area contributed by atoms with Gasteiger partial charge < -0.3 is 14.6 Å². The van der Waals surface area contributed by atoms with Crippen molar-refractivity contribution in [1.29, 1.82) is 0 Å². The van der Waals surface area contributed by atoms with E-state index in [9.17, 15) is 9.90 Å². The molecule has 1 aliphatic heterocycles. The quantitative estimate of drug-likeness (QED) is 0.522. The summed E-state index contributed by atoms with van der Waals surface area (Å²) in [6, 6.07) is 9.93. The van der Waals surface area contributed by atoms with Gasteiger partial charge in [-0.3, -0.25) is 4.79 Å². The molecule has 3 aromatic heterocycles. The second-order valence-corrected chi connectivity index (χ2v) is 7.81. The molecule has 1 saturated heterocycles. The molecule has 0 saturated carbocycles. The molecule has 1 fully saturated rings. The maximum atomic E-state index is 11.3. The number of fused-ring (bicyclic) bond motifs is 1. The Labute approximate surface area is 178 Å². The van der Waals surface area contributed by atoms with Crippen molar-refractivity contribution in [3.05, 3.63) is 53.6 Å². The monoisotopic (exact) mass is 418 g/mol. The van der Waals surface area contributed by atoms with Crippen molar-refractivity contribution in [2.24, 2.45) is 7.05 Å². The average Bonchev–Trinajstić information content (AvgIpc) is 3.19. The number of hydrogen-bond acceptors (Lipinski definition) is 7. The fraction of sp³-hybridized carbons (Fsp3) is 0.333. The minimum absolute atomic E-state index is 0.249. The summed E-state index contributed by atoms with van der Waals surface area (Å²) in [5.41, 5.74) is 2.10. The van der Waals surface area contributed by atoms with E-state index in [1.807, 2.05) is 38.2 Å². The first kappa shape index (κ1) is 19.2. The van der Waals surface area contributed by atoms with E-state index in [0.29, 0.717) is 23.3 Å². The summed E-state index contributed by atoms with van der Waals surface area (Å²) in [6.45, 7) is 5.13. The Balaban J connectivity index is 1.45. The summed E-state index contributed by atoms with van der Waals surface area (Å²) < 4.78 is 3.76. The lowest BCUT2D eigenvalue weighted by Crippen LogP contribution is -2.46. The van der Waals surface area contributed by atoms with Gasteiger partial charge in [0.05, 0.1) is 17.0 Å². The maximum absolute atomic E-state index is 11.3. The number of carbonyl (C=O) groups is 1. The Hall–Kier alpha value is -3.82. The van der Waals surface area contributed by atoms with Gasteiger partial charge >= 0.3 is 5.97 Å². The summed E-state index contributed by atoms with van der Waals surface area (Å²) in [5.74, 6) is 3.10. The van der Waals surface area contributed by atoms with Crippen LogP contribution in [0.25, 0.3) is 16.9 Å². The van der Waals surface area contributed by atoms with Crippen molar-refractivity contribution in [3.8, 4) is 5.82 Å². The highest BCUT2D eigenvalue weighted by molar-refractivity contribution is 5.76. The number of imidazole rings is 1. The number of nitrogens with zero attached hydrogens (tertiary/aromatic N) is 8. The molecule has 0 atom stereocenters. The number of aryl methyl sites for hydroxylation is 3. The molecule has 4 heterocycles. The molecule has 10 heteroatoms. The first-order chi connectivity index (χ1) is 14.9. The number of carboxylic acids is 1. The van der Waals surface area contributed by atoms with Gasteiger partial charge in [-0.05, 0) is 26.0 Å². The molecule has 158 valence electrons. The van der Waals surface area contributed by atoms with Crippen LogP contribution in [0, 0.1) is 13.8 Å². The van der Waals surface area contributed by atoms with E-state index in [-0.39, 0.29) is 18.2 Å². The van der Waals surface area contributed by atoms with Crippen molar-refractivity contribution in [2.75, 3.05) is 18.0 Å². The van der Waals surface area contributed by atoms with Gasteiger partial charge in [-0.15, -0.1) is 5.10 Å². The Morgan fingerprint density at radius 1 is 1.10 bits per heavy atom. The molecule has 0 radical (unpaired) electrons. The van der Waals surface area contributed by atoms with E-state index in [4.69, 9.17) is 4.98 Å². The van der Waals surface area contributed by atoms with Crippen molar-refractivity contribution in [3.63, 3.8) is 0 Å². The first-order valence-electron chi connectivity index (χ1n) is 10.1. The van der Waals surface area contributed by atoms with E-state index in [0.717, 1.165) is 29.9 Å². The summed E-state index contributed by atoms with van der Waals surface area (Å²) in [7, 11) is 2.04. The topological polar surface area (TPSA) is 115 Å². The molecule has 31 heavy (non-hydrogen) atoms. The number of benzene rings is 1. The van der Waals surface area contributed by atoms with Gasteiger partial charge in [-0.1, -0.05) is 12.1 Å². The number of para-hydroxylation sites is 2. The number of aromatic nitrogens is 7. The Morgan fingerprint density at radius 3 is 2.52 bits per heavy atom. The molecule has 0 aliphatic carbocycles. The zero-order valence-corrected chi connectivity index (χ0v) is 17.5. The number of aliphatic carboxylic acids is 1. The van der Waals surface area contributed by atoms with Gasteiger partial charge in [0.1, 0.15) is 35.5 Å². The predicted octanol–water partition coefficient (Wildman–Crippen LogP) is 1.79. The lowest BCUT2D eigenvalue weighted by Gasteiger charge is -2.39. The van der Waals surface area contributed by atoms with Gasteiger partial charge in [0.15, 0.2) is 5.82 Å². The van der Waals surface area contributed by atoms with Crippen LogP contribution in [0.15, 0.2) is 30.3 Å². The zero-order chi connectivity index (χ0) is 21.7. The molecule has 10 nitrogen and oxygen atoms in total. The second-order valence-electron chi connectivity index (χ2n) is 7.81. The first-order valence-corrected chi connectivity index (χ1v) is 10.1. The highest BCUT2D eigenvalue weighted by atomic mass is 16.4. The smallest absolute Gasteiger partial charge is 0.311 e. The maximum Gasteiger partial charge on any atom is 0.311 e. The third-order valence-electron chi connectivity index (χ3n) is 5.54. The predicted molar refractivity (Wildman–Crippen MR) is 113 cm³/mol. The van der Waals surface area contributed by atoms with Crippen LogP contribution in [-0.4, -0.2) is 58.4 Å². The number of anilines is 1. The molecule has 0 unspecified atom stereocenters. The summed E-state index contributed by atoms with van der Waals surface area (Å²) in [6.07, 6.45) is -0.254. The van der Waals surface area contributed by atoms with Crippen LogP contribution in [0.1, 0.15) is 29.2 Å². The largest absolute Gasteiger partial charge is 0.481 e. The highest BCUT2D eigenvalue weighted by Gasteiger charge is 2.33. The zero-order valence-electron chi connectivity index (χ0n) is 17.5. The summed E-state index contributed by atoms with van der Waals surface area (Å²) in [4.78, 5) is 31.4. The molecule has 1 N–H and O–H groups in total. The summed E-state index contributed by atoms with van der Waals surface area (Å²) >= 11 is 0. The second kappa shape index (κ2) is 7.15. The molecule has 1 aromatic carbocycles. The van der Waals surface area contributed by atoms with Gasteiger partial charge in [0.2, 0.25) is 0 Å². The Bertz CT molecular complexity index is 1300. The van der Waals surface area contributed by atoms with Crippen LogP contribution < -0.4 is 4.90 Å². The highest BCUT2D eigenvalue weighted by Crippen LogP contribution is 2.32. The van der Waals surface area contributed by atoms with Crippen LogP contribution in [-0.2, 0) is 18.3 Å². The van der Waals surface area contributed by atoms with E-state index in [1.165, 1.54) is 0 Å². The molecular formula is C21H22N8O2. The lowest BCUT2D eigenvalue weighted by atomic mass is 9.99. The fourth-order valence-electron chi connectivity index (χ4n) is 4.05. The van der Waals surface area contributed by atoms with Crippen LogP contribution in [0.2, 0.25) is 0 Å². The van der Waals surface area contributed by atoms with Crippen molar-refractivity contribution in [1.82, 2.24) is 34.3 Å². The third-order valence-corrected chi connectivity index (χ3v) is 5.54. The van der Waals surface area contributed by atoms with E-state index < -0.39 is 5.97 Å².